The van der Waals surface area contributed by atoms with E-state index in [-0.39, 0.29) is 0 Å². The predicted molar refractivity (Wildman–Crippen MR) is 50.9 cm³/mol. The first-order valence-electron chi connectivity index (χ1n) is 3.05. The first kappa shape index (κ1) is 8.89. The maximum absolute atomic E-state index is 8.54. The minimum atomic E-state index is 0.464. The van der Waals surface area contributed by atoms with E-state index in [2.05, 4.69) is 22.4 Å². The molecule has 0 N–H and O–H groups in total. The molecule has 0 aliphatic heterocycles. The molecule has 0 spiro atoms. The average molecular weight is 195 g/mol. The number of rotatable bonds is 1. The highest BCUT2D eigenvalue weighted by molar-refractivity contribution is 7.78. The van der Waals surface area contributed by atoms with E-state index in [0.717, 1.165) is 0 Å². The predicted octanol–water partition coefficient (Wildman–Crippen LogP) is 2.95. The largest absolute Gasteiger partial charge is 0.193 e. The van der Waals surface area contributed by atoms with Crippen molar-refractivity contribution in [2.75, 3.05) is 0 Å². The van der Waals surface area contributed by atoms with Crippen molar-refractivity contribution in [2.24, 2.45) is 4.99 Å². The van der Waals surface area contributed by atoms with Gasteiger partial charge in [0.25, 0.3) is 0 Å². The van der Waals surface area contributed by atoms with Crippen LogP contribution >= 0.6 is 23.8 Å². The Morgan fingerprint density at radius 1 is 1.50 bits per heavy atom. The molecule has 0 fully saturated rings. The molecule has 1 aromatic carbocycles. The van der Waals surface area contributed by atoms with E-state index in [9.17, 15) is 0 Å². The van der Waals surface area contributed by atoms with Crippen molar-refractivity contribution in [2.45, 2.75) is 0 Å². The molecule has 0 amide bonds. The van der Waals surface area contributed by atoms with Crippen LogP contribution in [0.15, 0.2) is 23.2 Å². The van der Waals surface area contributed by atoms with E-state index in [1.165, 1.54) is 0 Å². The van der Waals surface area contributed by atoms with Crippen molar-refractivity contribution in [1.29, 1.82) is 5.26 Å². The Balaban J connectivity index is 3.28. The molecule has 0 atom stereocenters. The third-order valence-electron chi connectivity index (χ3n) is 1.24. The van der Waals surface area contributed by atoms with Gasteiger partial charge in [-0.3, -0.25) is 0 Å². The second-order valence-corrected chi connectivity index (χ2v) is 2.57. The summed E-state index contributed by atoms with van der Waals surface area (Å²) in [4.78, 5) is 3.70. The molecule has 0 heterocycles. The molecule has 0 saturated heterocycles. The number of hydrogen-bond donors (Lipinski definition) is 0. The fraction of sp³-hybridized carbons (Fsp3) is 0. The maximum Gasteiger partial charge on any atom is 0.0992 e. The molecule has 0 bridgehead atoms. The van der Waals surface area contributed by atoms with Gasteiger partial charge in [-0.25, -0.2) is 0 Å². The summed E-state index contributed by atoms with van der Waals surface area (Å²) in [6.07, 6.45) is 0. The van der Waals surface area contributed by atoms with Gasteiger partial charge in [-0.2, -0.15) is 10.3 Å². The highest BCUT2D eigenvalue weighted by atomic mass is 35.5. The van der Waals surface area contributed by atoms with Crippen LogP contribution in [-0.4, -0.2) is 5.16 Å². The van der Waals surface area contributed by atoms with Gasteiger partial charge in [0, 0.05) is 0 Å². The number of thiocarbonyl (C=S) groups is 1. The maximum atomic E-state index is 8.54. The molecular formula is C8H3ClN2S. The highest BCUT2D eigenvalue weighted by Gasteiger charge is 1.98. The Morgan fingerprint density at radius 2 is 2.25 bits per heavy atom. The van der Waals surface area contributed by atoms with Gasteiger partial charge >= 0.3 is 0 Å². The standard InChI is InChI=1S/C8H3ClN2S/c9-7-2-1-6(4-10)3-8(7)11-5-12/h1-3H. The van der Waals surface area contributed by atoms with Crippen LogP contribution in [0.4, 0.5) is 5.69 Å². The van der Waals surface area contributed by atoms with E-state index in [0.29, 0.717) is 16.3 Å². The summed E-state index contributed by atoms with van der Waals surface area (Å²) in [6, 6.07) is 6.75. The lowest BCUT2D eigenvalue weighted by molar-refractivity contribution is 1.46. The lowest BCUT2D eigenvalue weighted by Gasteiger charge is -1.94. The van der Waals surface area contributed by atoms with Crippen LogP contribution < -0.4 is 0 Å². The van der Waals surface area contributed by atoms with Gasteiger partial charge in [-0.1, -0.05) is 11.6 Å². The number of benzene rings is 1. The number of hydrogen-bond acceptors (Lipinski definition) is 3. The van der Waals surface area contributed by atoms with Crippen LogP contribution in [0.5, 0.6) is 0 Å². The molecule has 4 heteroatoms. The number of aliphatic imine (C=N–C) groups is 1. The number of nitrogens with zero attached hydrogens (tertiary/aromatic N) is 2. The highest BCUT2D eigenvalue weighted by Crippen LogP contribution is 2.24. The molecule has 12 heavy (non-hydrogen) atoms. The quantitative estimate of drug-likeness (QED) is 0.509. The topological polar surface area (TPSA) is 36.1 Å². The van der Waals surface area contributed by atoms with Crippen LogP contribution in [-0.2, 0) is 0 Å². The zero-order valence-corrected chi connectivity index (χ0v) is 7.49. The monoisotopic (exact) mass is 194 g/mol. The SMILES string of the molecule is N#Cc1ccc(Cl)c(N=C=S)c1. The first-order valence-corrected chi connectivity index (χ1v) is 3.84. The molecular weight excluding hydrogens is 192 g/mol. The lowest BCUT2D eigenvalue weighted by Crippen LogP contribution is -1.73. The van der Waals surface area contributed by atoms with E-state index >= 15 is 0 Å². The number of halogens is 1. The third kappa shape index (κ3) is 1.90. The van der Waals surface area contributed by atoms with Crippen molar-refractivity contribution < 1.29 is 0 Å². The van der Waals surface area contributed by atoms with E-state index in [1.54, 1.807) is 18.2 Å². The van der Waals surface area contributed by atoms with Crippen molar-refractivity contribution in [3.63, 3.8) is 0 Å². The fourth-order valence-electron chi connectivity index (χ4n) is 0.717. The second-order valence-electron chi connectivity index (χ2n) is 1.98. The summed E-state index contributed by atoms with van der Waals surface area (Å²) in [5, 5.41) is 11.2. The second kappa shape index (κ2) is 3.99. The smallest absolute Gasteiger partial charge is 0.0992 e. The van der Waals surface area contributed by atoms with Crippen LogP contribution in [0.3, 0.4) is 0 Å². The van der Waals surface area contributed by atoms with Crippen LogP contribution in [0.2, 0.25) is 5.02 Å². The molecule has 1 aromatic rings. The Bertz CT molecular complexity index is 389. The minimum absolute atomic E-state index is 0.464. The van der Waals surface area contributed by atoms with Crippen LogP contribution in [0, 0.1) is 11.3 Å². The lowest BCUT2D eigenvalue weighted by atomic mass is 10.2. The Morgan fingerprint density at radius 3 is 2.83 bits per heavy atom. The molecule has 0 saturated carbocycles. The van der Waals surface area contributed by atoms with Gasteiger partial charge in [0.05, 0.1) is 27.5 Å². The molecule has 0 radical (unpaired) electrons. The molecule has 58 valence electrons. The van der Waals surface area contributed by atoms with Crippen LogP contribution in [0.25, 0.3) is 0 Å². The zero-order chi connectivity index (χ0) is 8.97. The molecule has 1 rings (SSSR count). The summed E-state index contributed by atoms with van der Waals surface area (Å²) in [5.41, 5.74) is 0.981. The molecule has 0 aliphatic carbocycles. The summed E-state index contributed by atoms with van der Waals surface area (Å²) in [5.74, 6) is 0. The number of isothiocyanates is 1. The van der Waals surface area contributed by atoms with Gasteiger partial charge in [0.15, 0.2) is 0 Å². The molecule has 0 unspecified atom stereocenters. The molecule has 0 aromatic heterocycles. The summed E-state index contributed by atoms with van der Waals surface area (Å²) >= 11 is 10.2. The van der Waals surface area contributed by atoms with Crippen molar-refractivity contribution >= 4 is 34.7 Å². The fourth-order valence-corrected chi connectivity index (χ4v) is 0.975. The summed E-state index contributed by atoms with van der Waals surface area (Å²) in [7, 11) is 0. The van der Waals surface area contributed by atoms with Gasteiger partial charge in [0.2, 0.25) is 0 Å². The van der Waals surface area contributed by atoms with Crippen molar-refractivity contribution in [1.82, 2.24) is 0 Å². The van der Waals surface area contributed by atoms with Gasteiger partial charge in [0.1, 0.15) is 0 Å². The Hall–Kier alpha value is -1.20. The van der Waals surface area contributed by atoms with E-state index in [4.69, 9.17) is 16.9 Å². The first-order chi connectivity index (χ1) is 5.77. The zero-order valence-electron chi connectivity index (χ0n) is 5.91. The molecule has 0 aliphatic rings. The summed E-state index contributed by atoms with van der Waals surface area (Å²) in [6.45, 7) is 0. The third-order valence-corrected chi connectivity index (χ3v) is 1.65. The van der Waals surface area contributed by atoms with Crippen LogP contribution in [0.1, 0.15) is 5.56 Å². The van der Waals surface area contributed by atoms with Gasteiger partial charge in [-0.05, 0) is 30.4 Å². The minimum Gasteiger partial charge on any atom is -0.193 e. The van der Waals surface area contributed by atoms with E-state index in [1.807, 2.05) is 6.07 Å². The van der Waals surface area contributed by atoms with Crippen molar-refractivity contribution in [3.05, 3.63) is 28.8 Å². The van der Waals surface area contributed by atoms with Gasteiger partial charge in [-0.15, -0.1) is 0 Å². The summed E-state index contributed by atoms with van der Waals surface area (Å²) < 4.78 is 0. The Kier molecular flexibility index (Phi) is 2.95. The van der Waals surface area contributed by atoms with Gasteiger partial charge < -0.3 is 0 Å². The van der Waals surface area contributed by atoms with Crippen molar-refractivity contribution in [3.8, 4) is 6.07 Å². The normalized spacial score (nSPS) is 8.33. The Labute approximate surface area is 80.1 Å². The average Bonchev–Trinajstić information content (AvgIpc) is 2.09. The number of nitriles is 1. The van der Waals surface area contributed by atoms with E-state index < -0.39 is 0 Å². The molecule has 2 nitrogen and oxygen atoms in total.